The van der Waals surface area contributed by atoms with E-state index in [4.69, 9.17) is 4.74 Å². The van der Waals surface area contributed by atoms with Gasteiger partial charge in [-0.2, -0.15) is 0 Å². The molecule has 0 aromatic heterocycles. The minimum atomic E-state index is -2.89. The van der Waals surface area contributed by atoms with Gasteiger partial charge in [0.2, 0.25) is 0 Å². The lowest BCUT2D eigenvalue weighted by molar-refractivity contribution is 0.0240. The third-order valence-electron chi connectivity index (χ3n) is 6.96. The van der Waals surface area contributed by atoms with E-state index in [9.17, 15) is 13.2 Å². The summed E-state index contributed by atoms with van der Waals surface area (Å²) >= 11 is 0. The minimum Gasteiger partial charge on any atom is -0.444 e. The largest absolute Gasteiger partial charge is 0.444 e. The number of ether oxygens (including phenoxy) is 1. The van der Waals surface area contributed by atoms with Crippen molar-refractivity contribution in [1.29, 1.82) is 0 Å². The van der Waals surface area contributed by atoms with Gasteiger partial charge >= 0.3 is 6.09 Å². The number of sulfone groups is 1. The summed E-state index contributed by atoms with van der Waals surface area (Å²) in [5.41, 5.74) is 1.81. The van der Waals surface area contributed by atoms with Crippen LogP contribution in [0.2, 0.25) is 0 Å². The quantitative estimate of drug-likeness (QED) is 0.670. The number of benzene rings is 1. The van der Waals surface area contributed by atoms with E-state index in [2.05, 4.69) is 47.9 Å². The Morgan fingerprint density at radius 3 is 2.19 bits per heavy atom. The molecule has 4 aliphatic rings. The van der Waals surface area contributed by atoms with E-state index < -0.39 is 15.4 Å². The zero-order chi connectivity index (χ0) is 23.3. The molecule has 1 aromatic rings. The summed E-state index contributed by atoms with van der Waals surface area (Å²) in [6, 6.07) is 8.70. The van der Waals surface area contributed by atoms with Crippen LogP contribution in [-0.4, -0.2) is 75.3 Å². The molecule has 0 saturated carbocycles. The van der Waals surface area contributed by atoms with Gasteiger partial charge in [0.15, 0.2) is 9.84 Å². The molecule has 2 bridgehead atoms. The Morgan fingerprint density at radius 1 is 1.00 bits per heavy atom. The maximum atomic E-state index is 12.8. The SMILES string of the molecule is CC(C)(C)OC(=O)N1C[C@@H]2CN(c3ccc(N4CCS(=O)(=O)CC4)cc3)[C@H](C1)C(C)(C)C2. The van der Waals surface area contributed by atoms with Gasteiger partial charge in [0.1, 0.15) is 5.60 Å². The lowest BCUT2D eigenvalue weighted by atomic mass is 9.73. The Bertz CT molecular complexity index is 938. The number of fused-ring (bicyclic) bond motifs is 4. The number of carbonyl (C=O) groups is 1. The highest BCUT2D eigenvalue weighted by Gasteiger charge is 2.47. The highest BCUT2D eigenvalue weighted by atomic mass is 32.2. The first kappa shape index (κ1) is 23.2. The zero-order valence-corrected chi connectivity index (χ0v) is 20.8. The van der Waals surface area contributed by atoms with Crippen molar-refractivity contribution in [2.45, 2.75) is 52.7 Å². The first-order valence-electron chi connectivity index (χ1n) is 11.6. The van der Waals surface area contributed by atoms with Crippen LogP contribution in [0, 0.1) is 11.3 Å². The van der Waals surface area contributed by atoms with E-state index in [1.165, 1.54) is 0 Å². The second kappa shape index (κ2) is 8.12. The number of hydrogen-bond acceptors (Lipinski definition) is 6. The highest BCUT2D eigenvalue weighted by Crippen LogP contribution is 2.43. The van der Waals surface area contributed by atoms with Crippen LogP contribution in [0.5, 0.6) is 0 Å². The predicted octanol–water partition coefficient (Wildman–Crippen LogP) is 3.39. The molecule has 2 atom stereocenters. The molecule has 8 heteroatoms. The fourth-order valence-electron chi connectivity index (χ4n) is 5.42. The van der Waals surface area contributed by atoms with Gasteiger partial charge in [0, 0.05) is 44.1 Å². The van der Waals surface area contributed by atoms with Gasteiger partial charge in [-0.15, -0.1) is 0 Å². The van der Waals surface area contributed by atoms with Crippen LogP contribution >= 0.6 is 0 Å². The molecule has 0 N–H and O–H groups in total. The van der Waals surface area contributed by atoms with Gasteiger partial charge in [0.25, 0.3) is 0 Å². The lowest BCUT2D eigenvalue weighted by Crippen LogP contribution is -2.54. The maximum Gasteiger partial charge on any atom is 0.410 e. The first-order chi connectivity index (χ1) is 14.8. The van der Waals surface area contributed by atoms with Crippen LogP contribution in [0.15, 0.2) is 24.3 Å². The number of amides is 1. The van der Waals surface area contributed by atoms with Crippen LogP contribution < -0.4 is 9.80 Å². The van der Waals surface area contributed by atoms with Crippen LogP contribution in [-0.2, 0) is 14.6 Å². The van der Waals surface area contributed by atoms with Gasteiger partial charge in [-0.25, -0.2) is 13.2 Å². The molecule has 32 heavy (non-hydrogen) atoms. The number of piperidine rings is 1. The summed E-state index contributed by atoms with van der Waals surface area (Å²) in [7, 11) is -2.89. The van der Waals surface area contributed by atoms with Crippen LogP contribution in [0.3, 0.4) is 0 Å². The third kappa shape index (κ3) is 5.00. The molecule has 1 amide bonds. The molecule has 4 aliphatic heterocycles. The maximum absolute atomic E-state index is 12.8. The number of carbonyl (C=O) groups excluding carboxylic acids is 1. The molecule has 0 radical (unpaired) electrons. The van der Waals surface area contributed by atoms with Crippen LogP contribution in [0.4, 0.5) is 16.2 Å². The van der Waals surface area contributed by atoms with Crippen molar-refractivity contribution in [2.24, 2.45) is 11.3 Å². The van der Waals surface area contributed by atoms with E-state index in [0.717, 1.165) is 30.9 Å². The predicted molar refractivity (Wildman–Crippen MR) is 128 cm³/mol. The van der Waals surface area contributed by atoms with Crippen LogP contribution in [0.1, 0.15) is 41.0 Å². The standard InChI is InChI=1S/C24H37N3O4S/c1-23(2,3)31-22(28)26-15-18-14-24(4,5)21(17-26)27(16-18)20-8-6-19(7-9-20)25-10-12-32(29,30)13-11-25/h6-9,18,21H,10-17H2,1-5H3/t18-,21-/m1/s1. The monoisotopic (exact) mass is 463 g/mol. The summed E-state index contributed by atoms with van der Waals surface area (Å²) in [6.07, 6.45) is 0.871. The number of nitrogens with zero attached hydrogens (tertiary/aromatic N) is 3. The topological polar surface area (TPSA) is 70.2 Å². The van der Waals surface area contributed by atoms with Crippen molar-refractivity contribution in [1.82, 2.24) is 4.90 Å². The van der Waals surface area contributed by atoms with E-state index in [1.54, 1.807) is 0 Å². The molecule has 178 valence electrons. The molecule has 0 spiro atoms. The molecule has 7 nitrogen and oxygen atoms in total. The van der Waals surface area contributed by atoms with Crippen molar-refractivity contribution >= 4 is 27.3 Å². The average molecular weight is 464 g/mol. The smallest absolute Gasteiger partial charge is 0.410 e. The summed E-state index contributed by atoms with van der Waals surface area (Å²) in [6.45, 7) is 13.7. The normalized spacial score (nSPS) is 27.2. The number of anilines is 2. The molecule has 4 heterocycles. The van der Waals surface area contributed by atoms with Crippen LogP contribution in [0.25, 0.3) is 0 Å². The van der Waals surface area contributed by atoms with E-state index in [-0.39, 0.29) is 29.1 Å². The molecule has 0 unspecified atom stereocenters. The van der Waals surface area contributed by atoms with Gasteiger partial charge in [-0.1, -0.05) is 13.8 Å². The molecule has 4 fully saturated rings. The summed E-state index contributed by atoms with van der Waals surface area (Å²) in [5, 5.41) is 0. The number of hydrogen-bond donors (Lipinski definition) is 0. The average Bonchev–Trinajstić information content (AvgIpc) is 2.94. The fraction of sp³-hybridized carbons (Fsp3) is 0.708. The molecule has 5 rings (SSSR count). The van der Waals surface area contributed by atoms with E-state index in [1.807, 2.05) is 25.7 Å². The fourth-order valence-corrected chi connectivity index (χ4v) is 6.62. The summed E-state index contributed by atoms with van der Waals surface area (Å²) in [5.74, 6) is 0.835. The van der Waals surface area contributed by atoms with Crippen molar-refractivity contribution in [3.8, 4) is 0 Å². The van der Waals surface area contributed by atoms with Gasteiger partial charge in [0.05, 0.1) is 17.5 Å². The second-order valence-corrected chi connectivity index (χ2v) is 13.6. The molecule has 1 aromatic carbocycles. The molecular formula is C24H37N3O4S. The zero-order valence-electron chi connectivity index (χ0n) is 20.0. The van der Waals surface area contributed by atoms with E-state index in [0.29, 0.717) is 25.6 Å². The van der Waals surface area contributed by atoms with Gasteiger partial charge in [-0.05, 0) is 62.8 Å². The van der Waals surface area contributed by atoms with Gasteiger partial charge < -0.3 is 19.4 Å². The Kier molecular flexibility index (Phi) is 5.89. The minimum absolute atomic E-state index is 0.0829. The molecule has 4 saturated heterocycles. The first-order valence-corrected chi connectivity index (χ1v) is 13.5. The molecule has 0 aliphatic carbocycles. The van der Waals surface area contributed by atoms with Crippen molar-refractivity contribution in [2.75, 3.05) is 54.0 Å². The molecular weight excluding hydrogens is 426 g/mol. The Morgan fingerprint density at radius 2 is 1.59 bits per heavy atom. The van der Waals surface area contributed by atoms with E-state index >= 15 is 0 Å². The summed E-state index contributed by atoms with van der Waals surface area (Å²) in [4.78, 5) is 19.4. The lowest BCUT2D eigenvalue weighted by Gasteiger charge is -2.48. The second-order valence-electron chi connectivity index (χ2n) is 11.3. The Labute approximate surface area is 192 Å². The third-order valence-corrected chi connectivity index (χ3v) is 8.57. The highest BCUT2D eigenvalue weighted by molar-refractivity contribution is 7.91. The summed E-state index contributed by atoms with van der Waals surface area (Å²) < 4.78 is 29.2. The van der Waals surface area contributed by atoms with Gasteiger partial charge in [-0.3, -0.25) is 0 Å². The van der Waals surface area contributed by atoms with Crippen molar-refractivity contribution in [3.63, 3.8) is 0 Å². The van der Waals surface area contributed by atoms with Crippen molar-refractivity contribution in [3.05, 3.63) is 24.3 Å². The Balaban J connectivity index is 1.52. The van der Waals surface area contributed by atoms with Crippen molar-refractivity contribution < 1.29 is 17.9 Å². The number of rotatable bonds is 2. The Hall–Kier alpha value is -1.96.